The van der Waals surface area contributed by atoms with Crippen molar-refractivity contribution in [3.63, 3.8) is 0 Å². The van der Waals surface area contributed by atoms with Crippen LogP contribution < -0.4 is 10.0 Å². The van der Waals surface area contributed by atoms with E-state index >= 15 is 0 Å². The summed E-state index contributed by atoms with van der Waals surface area (Å²) in [4.78, 5) is 12.4. The van der Waals surface area contributed by atoms with Crippen molar-refractivity contribution in [1.82, 2.24) is 10.0 Å². The van der Waals surface area contributed by atoms with Crippen molar-refractivity contribution in [2.75, 3.05) is 13.6 Å². The SMILES string of the molecule is CNS(=O)(=O)c1csc(C(=O)NCCCC(C)(C)C)c1. The van der Waals surface area contributed by atoms with Gasteiger partial charge in [-0.3, -0.25) is 4.79 Å². The number of amides is 1. The predicted octanol–water partition coefficient (Wildman–Crippen LogP) is 2.21. The lowest BCUT2D eigenvalue weighted by molar-refractivity contribution is 0.0955. The summed E-state index contributed by atoms with van der Waals surface area (Å²) in [6, 6.07) is 1.40. The van der Waals surface area contributed by atoms with E-state index in [0.717, 1.165) is 24.2 Å². The minimum Gasteiger partial charge on any atom is -0.351 e. The summed E-state index contributed by atoms with van der Waals surface area (Å²) in [5.41, 5.74) is 0.252. The average molecular weight is 318 g/mol. The Balaban J connectivity index is 2.53. The van der Waals surface area contributed by atoms with E-state index in [1.54, 1.807) is 0 Å². The molecule has 0 fully saturated rings. The second-order valence-electron chi connectivity index (χ2n) is 5.77. The van der Waals surface area contributed by atoms with Gasteiger partial charge in [0.2, 0.25) is 10.0 Å². The molecule has 0 aliphatic carbocycles. The summed E-state index contributed by atoms with van der Waals surface area (Å²) in [6.07, 6.45) is 1.93. The van der Waals surface area contributed by atoms with Gasteiger partial charge in [0, 0.05) is 11.9 Å². The van der Waals surface area contributed by atoms with Gasteiger partial charge in [-0.15, -0.1) is 11.3 Å². The molecule has 0 bridgehead atoms. The summed E-state index contributed by atoms with van der Waals surface area (Å²) < 4.78 is 25.4. The Morgan fingerprint density at radius 2 is 2.00 bits per heavy atom. The minimum atomic E-state index is -3.47. The van der Waals surface area contributed by atoms with Crippen molar-refractivity contribution in [2.45, 2.75) is 38.5 Å². The Morgan fingerprint density at radius 1 is 1.35 bits per heavy atom. The second kappa shape index (κ2) is 6.69. The van der Waals surface area contributed by atoms with Crippen LogP contribution in [0, 0.1) is 5.41 Å². The number of hydrogen-bond donors (Lipinski definition) is 2. The van der Waals surface area contributed by atoms with Crippen LogP contribution in [0.5, 0.6) is 0 Å². The summed E-state index contributed by atoms with van der Waals surface area (Å²) in [7, 11) is -2.13. The van der Waals surface area contributed by atoms with Gasteiger partial charge in [0.05, 0.1) is 9.77 Å². The minimum absolute atomic E-state index is 0.129. The van der Waals surface area contributed by atoms with Gasteiger partial charge in [-0.1, -0.05) is 20.8 Å². The fourth-order valence-electron chi connectivity index (χ4n) is 1.60. The zero-order valence-corrected chi connectivity index (χ0v) is 14.0. The molecule has 114 valence electrons. The van der Waals surface area contributed by atoms with E-state index in [4.69, 9.17) is 0 Å². The summed E-state index contributed by atoms with van der Waals surface area (Å²) in [5, 5.41) is 4.28. The van der Waals surface area contributed by atoms with Gasteiger partial charge in [0.1, 0.15) is 0 Å². The molecule has 0 saturated heterocycles. The van der Waals surface area contributed by atoms with E-state index in [1.165, 1.54) is 18.5 Å². The molecule has 20 heavy (non-hydrogen) atoms. The highest BCUT2D eigenvalue weighted by Crippen LogP contribution is 2.21. The van der Waals surface area contributed by atoms with Crippen LogP contribution in [0.25, 0.3) is 0 Å². The monoisotopic (exact) mass is 318 g/mol. The largest absolute Gasteiger partial charge is 0.351 e. The first-order valence-corrected chi connectivity index (χ1v) is 8.82. The maximum Gasteiger partial charge on any atom is 0.261 e. The van der Waals surface area contributed by atoms with Gasteiger partial charge >= 0.3 is 0 Å². The molecule has 1 heterocycles. The van der Waals surface area contributed by atoms with Gasteiger partial charge < -0.3 is 5.32 Å². The van der Waals surface area contributed by atoms with Crippen LogP contribution in [0.4, 0.5) is 0 Å². The van der Waals surface area contributed by atoms with E-state index in [9.17, 15) is 13.2 Å². The first kappa shape index (κ1) is 17.1. The molecule has 0 aliphatic heterocycles. The molecule has 7 heteroatoms. The number of thiophene rings is 1. The van der Waals surface area contributed by atoms with Crippen LogP contribution in [0.15, 0.2) is 16.3 Å². The molecule has 0 aromatic carbocycles. The highest BCUT2D eigenvalue weighted by atomic mass is 32.2. The van der Waals surface area contributed by atoms with Gasteiger partial charge in [-0.05, 0) is 31.4 Å². The number of nitrogens with one attached hydrogen (secondary N) is 2. The Bertz CT molecular complexity index is 556. The molecule has 5 nitrogen and oxygen atoms in total. The van der Waals surface area contributed by atoms with Crippen LogP contribution in [-0.2, 0) is 10.0 Å². The van der Waals surface area contributed by atoms with Crippen molar-refractivity contribution in [2.24, 2.45) is 5.41 Å². The fourth-order valence-corrected chi connectivity index (χ4v) is 3.52. The average Bonchev–Trinajstić information content (AvgIpc) is 2.83. The number of hydrogen-bond acceptors (Lipinski definition) is 4. The fraction of sp³-hybridized carbons (Fsp3) is 0.615. The molecule has 0 radical (unpaired) electrons. The number of carbonyl (C=O) groups is 1. The molecule has 0 unspecified atom stereocenters. The number of sulfonamides is 1. The van der Waals surface area contributed by atoms with Crippen molar-refractivity contribution in [3.8, 4) is 0 Å². The third-order valence-electron chi connectivity index (χ3n) is 2.77. The zero-order valence-electron chi connectivity index (χ0n) is 12.3. The number of carbonyl (C=O) groups excluding carboxylic acids is 1. The molecule has 0 atom stereocenters. The Hall–Kier alpha value is -0.920. The van der Waals surface area contributed by atoms with Crippen molar-refractivity contribution < 1.29 is 13.2 Å². The van der Waals surface area contributed by atoms with Crippen LogP contribution in [0.1, 0.15) is 43.3 Å². The second-order valence-corrected chi connectivity index (χ2v) is 8.57. The predicted molar refractivity (Wildman–Crippen MR) is 81.6 cm³/mol. The van der Waals surface area contributed by atoms with E-state index in [0.29, 0.717) is 11.4 Å². The first-order valence-electron chi connectivity index (χ1n) is 6.46. The lowest BCUT2D eigenvalue weighted by Crippen LogP contribution is -2.24. The molecule has 1 aromatic rings. The maximum absolute atomic E-state index is 11.9. The summed E-state index contributed by atoms with van der Waals surface area (Å²) >= 11 is 1.13. The standard InChI is InChI=1S/C13H22N2O3S2/c1-13(2,3)6-5-7-15-12(16)11-8-10(9-19-11)20(17,18)14-4/h8-9,14H,5-7H2,1-4H3,(H,15,16). The lowest BCUT2D eigenvalue weighted by Gasteiger charge is -2.17. The van der Waals surface area contributed by atoms with Gasteiger partial charge in [0.25, 0.3) is 5.91 Å². The van der Waals surface area contributed by atoms with Crippen molar-refractivity contribution >= 4 is 27.3 Å². The molecule has 1 rings (SSSR count). The highest BCUT2D eigenvalue weighted by Gasteiger charge is 2.17. The molecule has 0 saturated carbocycles. The maximum atomic E-state index is 11.9. The zero-order chi connectivity index (χ0) is 15.4. The van der Waals surface area contributed by atoms with Crippen molar-refractivity contribution in [3.05, 3.63) is 16.3 Å². The number of rotatable bonds is 6. The third kappa shape index (κ3) is 5.22. The van der Waals surface area contributed by atoms with Crippen molar-refractivity contribution in [1.29, 1.82) is 0 Å². The van der Waals surface area contributed by atoms with Crippen LogP contribution >= 0.6 is 11.3 Å². The third-order valence-corrected chi connectivity index (χ3v) is 5.24. The van der Waals surface area contributed by atoms with E-state index in [-0.39, 0.29) is 16.2 Å². The molecule has 0 aliphatic rings. The van der Waals surface area contributed by atoms with E-state index < -0.39 is 10.0 Å². The summed E-state index contributed by atoms with van der Waals surface area (Å²) in [6.45, 7) is 7.07. The molecule has 1 amide bonds. The smallest absolute Gasteiger partial charge is 0.261 e. The summed E-state index contributed by atoms with van der Waals surface area (Å²) in [5.74, 6) is -0.221. The normalized spacial score (nSPS) is 12.4. The van der Waals surface area contributed by atoms with Crippen LogP contribution in [-0.4, -0.2) is 27.9 Å². The van der Waals surface area contributed by atoms with Gasteiger partial charge in [-0.25, -0.2) is 13.1 Å². The topological polar surface area (TPSA) is 75.3 Å². The Kier molecular flexibility index (Phi) is 5.73. The molecule has 1 aromatic heterocycles. The lowest BCUT2D eigenvalue weighted by atomic mass is 9.91. The van der Waals surface area contributed by atoms with E-state index in [2.05, 4.69) is 30.8 Å². The molecular weight excluding hydrogens is 296 g/mol. The highest BCUT2D eigenvalue weighted by molar-refractivity contribution is 7.89. The van der Waals surface area contributed by atoms with Gasteiger partial charge in [0.15, 0.2) is 0 Å². The Morgan fingerprint density at radius 3 is 2.55 bits per heavy atom. The quantitative estimate of drug-likeness (QED) is 0.790. The Labute approximate surface area is 124 Å². The van der Waals surface area contributed by atoms with Crippen LogP contribution in [0.3, 0.4) is 0 Å². The van der Waals surface area contributed by atoms with Crippen LogP contribution in [0.2, 0.25) is 0 Å². The first-order chi connectivity index (χ1) is 9.15. The molecule has 0 spiro atoms. The van der Waals surface area contributed by atoms with E-state index in [1.807, 2.05) is 0 Å². The molecule has 2 N–H and O–H groups in total. The molecular formula is C13H22N2O3S2. The van der Waals surface area contributed by atoms with Gasteiger partial charge in [-0.2, -0.15) is 0 Å².